The summed E-state index contributed by atoms with van der Waals surface area (Å²) in [6, 6.07) is 0. The number of aliphatic carboxylic acids is 1. The van der Waals surface area contributed by atoms with Crippen LogP contribution in [0.25, 0.3) is 0 Å². The molecule has 6 nitrogen and oxygen atoms in total. The molecule has 142 valence electrons. The zero-order chi connectivity index (χ0) is 17.8. The molecule has 0 unspecified atom stereocenters. The second-order valence-corrected chi connectivity index (χ2v) is 6.75. The van der Waals surface area contributed by atoms with E-state index in [1.54, 1.807) is 6.92 Å². The van der Waals surface area contributed by atoms with Crippen molar-refractivity contribution in [2.45, 2.75) is 102 Å². The van der Waals surface area contributed by atoms with Crippen LogP contribution in [0, 0.1) is 0 Å². The number of hydrogen-bond donors (Lipinski definition) is 2. The van der Waals surface area contributed by atoms with Gasteiger partial charge in [0.15, 0.2) is 6.29 Å². The average Bonchev–Trinajstić information content (AvgIpc) is 2.52. The van der Waals surface area contributed by atoms with Gasteiger partial charge in [-0.15, -0.1) is 0 Å². The van der Waals surface area contributed by atoms with Crippen molar-refractivity contribution in [2.75, 3.05) is 6.61 Å². The molecule has 24 heavy (non-hydrogen) atoms. The monoisotopic (exact) mass is 345 g/mol. The summed E-state index contributed by atoms with van der Waals surface area (Å²) in [7, 11) is 0. The molecule has 1 aliphatic rings. The van der Waals surface area contributed by atoms with E-state index < -0.39 is 24.5 Å². The van der Waals surface area contributed by atoms with Gasteiger partial charge in [0, 0.05) is 19.0 Å². The van der Waals surface area contributed by atoms with E-state index in [0.717, 1.165) is 44.9 Å². The van der Waals surface area contributed by atoms with Crippen molar-refractivity contribution >= 4 is 5.97 Å². The normalized spacial score (nSPS) is 27.3. The van der Waals surface area contributed by atoms with Gasteiger partial charge in [0.2, 0.25) is 0 Å². The summed E-state index contributed by atoms with van der Waals surface area (Å²) in [4.78, 5) is 10.3. The summed E-state index contributed by atoms with van der Waals surface area (Å²) in [6.45, 7) is 2.35. The molecule has 0 saturated carbocycles. The number of carboxylic acids is 1. The fourth-order valence-corrected chi connectivity index (χ4v) is 2.90. The third-order valence-corrected chi connectivity index (χ3v) is 4.50. The first-order chi connectivity index (χ1) is 11.5. The Balaban J connectivity index is 1.86. The molecule has 2 N–H and O–H groups in total. The fourth-order valence-electron chi connectivity index (χ4n) is 2.90. The minimum Gasteiger partial charge on any atom is -0.550 e. The lowest BCUT2D eigenvalue weighted by atomic mass is 10.0. The Kier molecular flexibility index (Phi) is 11.2. The molecular weight excluding hydrogens is 312 g/mol. The van der Waals surface area contributed by atoms with Crippen LogP contribution in [0.5, 0.6) is 0 Å². The Morgan fingerprint density at radius 2 is 1.54 bits per heavy atom. The Hall–Kier alpha value is -0.690. The summed E-state index contributed by atoms with van der Waals surface area (Å²) < 4.78 is 11.0. The zero-order valence-electron chi connectivity index (χ0n) is 14.8. The van der Waals surface area contributed by atoms with Gasteiger partial charge >= 0.3 is 0 Å². The summed E-state index contributed by atoms with van der Waals surface area (Å²) in [5.74, 6) is -0.950. The maximum absolute atomic E-state index is 10.3. The van der Waals surface area contributed by atoms with Crippen molar-refractivity contribution in [3.63, 3.8) is 0 Å². The van der Waals surface area contributed by atoms with E-state index in [-0.39, 0.29) is 12.5 Å². The third-order valence-electron chi connectivity index (χ3n) is 4.50. The van der Waals surface area contributed by atoms with Crippen LogP contribution in [-0.2, 0) is 14.3 Å². The van der Waals surface area contributed by atoms with E-state index >= 15 is 0 Å². The fraction of sp³-hybridized carbons (Fsp3) is 0.944. The van der Waals surface area contributed by atoms with Crippen LogP contribution in [0.2, 0.25) is 0 Å². The van der Waals surface area contributed by atoms with E-state index in [9.17, 15) is 20.1 Å². The Morgan fingerprint density at radius 3 is 2.12 bits per heavy atom. The number of rotatable bonds is 13. The molecule has 4 atom stereocenters. The molecule has 1 fully saturated rings. The summed E-state index contributed by atoms with van der Waals surface area (Å²) >= 11 is 0. The van der Waals surface area contributed by atoms with Gasteiger partial charge in [-0.05, 0) is 26.2 Å². The predicted octanol–water partition coefficient (Wildman–Crippen LogP) is 1.51. The number of hydrogen-bond acceptors (Lipinski definition) is 6. The van der Waals surface area contributed by atoms with Gasteiger partial charge in [0.1, 0.15) is 6.10 Å². The molecule has 0 aliphatic carbocycles. The average molecular weight is 345 g/mol. The van der Waals surface area contributed by atoms with Crippen LogP contribution in [0.4, 0.5) is 0 Å². The Bertz CT molecular complexity index is 335. The molecule has 0 aromatic rings. The van der Waals surface area contributed by atoms with Crippen molar-refractivity contribution in [3.05, 3.63) is 0 Å². The van der Waals surface area contributed by atoms with E-state index in [2.05, 4.69) is 0 Å². The lowest BCUT2D eigenvalue weighted by Gasteiger charge is -2.35. The van der Waals surface area contributed by atoms with Gasteiger partial charge in [0.25, 0.3) is 0 Å². The van der Waals surface area contributed by atoms with Crippen LogP contribution in [0.3, 0.4) is 0 Å². The van der Waals surface area contributed by atoms with Gasteiger partial charge in [0.05, 0.1) is 12.2 Å². The van der Waals surface area contributed by atoms with Crippen molar-refractivity contribution in [1.82, 2.24) is 0 Å². The summed E-state index contributed by atoms with van der Waals surface area (Å²) in [5.41, 5.74) is 0. The van der Waals surface area contributed by atoms with Crippen LogP contribution < -0.4 is 5.11 Å². The molecule has 0 spiro atoms. The molecule has 0 amide bonds. The molecule has 1 heterocycles. The second-order valence-electron chi connectivity index (χ2n) is 6.75. The van der Waals surface area contributed by atoms with Crippen molar-refractivity contribution in [1.29, 1.82) is 0 Å². The van der Waals surface area contributed by atoms with E-state index in [0.29, 0.717) is 13.0 Å². The highest BCUT2D eigenvalue weighted by molar-refractivity contribution is 5.63. The highest BCUT2D eigenvalue weighted by atomic mass is 16.7. The topological polar surface area (TPSA) is 99.1 Å². The number of carboxylic acid groups (broad SMARTS) is 1. The summed E-state index contributed by atoms with van der Waals surface area (Å²) in [5, 5.41) is 29.6. The van der Waals surface area contributed by atoms with Crippen LogP contribution in [0.15, 0.2) is 0 Å². The highest BCUT2D eigenvalue weighted by Crippen LogP contribution is 2.21. The first kappa shape index (κ1) is 21.4. The number of ether oxygens (including phenoxy) is 2. The zero-order valence-corrected chi connectivity index (χ0v) is 14.8. The largest absolute Gasteiger partial charge is 0.550 e. The maximum Gasteiger partial charge on any atom is 0.183 e. The van der Waals surface area contributed by atoms with Crippen molar-refractivity contribution in [2.24, 2.45) is 0 Å². The highest BCUT2D eigenvalue weighted by Gasteiger charge is 2.34. The lowest BCUT2D eigenvalue weighted by molar-refractivity contribution is -0.305. The minimum absolute atomic E-state index is 0.178. The number of aliphatic hydroxyl groups excluding tert-OH is 2. The Labute approximate surface area is 145 Å². The first-order valence-corrected chi connectivity index (χ1v) is 9.33. The van der Waals surface area contributed by atoms with Gasteiger partial charge in [-0.1, -0.05) is 44.9 Å². The standard InChI is InChI=1S/C18H34O6/c1-14-15(19)13-16(20)18(24-14)23-12-10-8-6-4-2-3-5-7-9-11-17(21)22/h14-16,18-20H,2-13H2,1H3,(H,21,22)/p-1/t14-,15+,16+,18+/m0/s1. The van der Waals surface area contributed by atoms with Crippen LogP contribution in [0.1, 0.15) is 77.6 Å². The van der Waals surface area contributed by atoms with E-state index in [1.807, 2.05) is 0 Å². The number of carbonyl (C=O) groups is 1. The van der Waals surface area contributed by atoms with Gasteiger partial charge in [-0.3, -0.25) is 0 Å². The molecule has 0 bridgehead atoms. The van der Waals surface area contributed by atoms with Crippen LogP contribution in [-0.4, -0.2) is 47.4 Å². The SMILES string of the molecule is C[C@@H]1O[C@@H](OCCCCCCCCCCCC(=O)[O-])[C@H](O)C[C@H]1O. The molecule has 0 radical (unpaired) electrons. The smallest absolute Gasteiger partial charge is 0.183 e. The second kappa shape index (κ2) is 12.6. The number of aliphatic hydroxyl groups is 2. The molecule has 1 rings (SSSR count). The van der Waals surface area contributed by atoms with Gasteiger partial charge < -0.3 is 29.6 Å². The minimum atomic E-state index is -0.950. The molecule has 0 aromatic carbocycles. The van der Waals surface area contributed by atoms with E-state index in [1.165, 1.54) is 12.8 Å². The number of carbonyl (C=O) groups excluding carboxylic acids is 1. The molecular formula is C18H33O6-. The van der Waals surface area contributed by atoms with Crippen molar-refractivity contribution in [3.8, 4) is 0 Å². The number of unbranched alkanes of at least 4 members (excludes halogenated alkanes) is 8. The molecule has 1 saturated heterocycles. The van der Waals surface area contributed by atoms with E-state index in [4.69, 9.17) is 9.47 Å². The van der Waals surface area contributed by atoms with Gasteiger partial charge in [-0.2, -0.15) is 0 Å². The first-order valence-electron chi connectivity index (χ1n) is 9.33. The lowest BCUT2D eigenvalue weighted by Crippen LogP contribution is -2.47. The van der Waals surface area contributed by atoms with Crippen molar-refractivity contribution < 1.29 is 29.6 Å². The van der Waals surface area contributed by atoms with Crippen LogP contribution >= 0.6 is 0 Å². The maximum atomic E-state index is 10.3. The molecule has 0 aromatic heterocycles. The third kappa shape index (κ3) is 9.57. The quantitative estimate of drug-likeness (QED) is 0.491. The molecule has 1 aliphatic heterocycles. The molecule has 6 heteroatoms. The van der Waals surface area contributed by atoms with Gasteiger partial charge in [-0.25, -0.2) is 0 Å². The Morgan fingerprint density at radius 1 is 1.00 bits per heavy atom. The summed E-state index contributed by atoms with van der Waals surface area (Å²) in [6.07, 6.45) is 7.69. The predicted molar refractivity (Wildman–Crippen MR) is 88.1 cm³/mol.